The van der Waals surface area contributed by atoms with E-state index in [1.165, 1.54) is 155 Å². The van der Waals surface area contributed by atoms with Crippen LogP contribution in [0.2, 0.25) is 0 Å². The molecule has 0 spiro atoms. The molecule has 0 saturated carbocycles. The Bertz CT molecular complexity index is 1830. The molecular formula is C55H84N4S. The van der Waals surface area contributed by atoms with Gasteiger partial charge in [0.2, 0.25) is 0 Å². The Labute approximate surface area is 372 Å². The fourth-order valence-corrected chi connectivity index (χ4v) is 10.6. The highest BCUT2D eigenvalue weighted by molar-refractivity contribution is 7.10. The van der Waals surface area contributed by atoms with Gasteiger partial charge >= 0.3 is 0 Å². The van der Waals surface area contributed by atoms with Crippen molar-refractivity contribution in [3.63, 3.8) is 0 Å². The summed E-state index contributed by atoms with van der Waals surface area (Å²) in [5.41, 5.74) is 17.5. The minimum atomic E-state index is 0.0926. The van der Waals surface area contributed by atoms with Gasteiger partial charge in [0.05, 0.1) is 17.9 Å². The molecule has 60 heavy (non-hydrogen) atoms. The summed E-state index contributed by atoms with van der Waals surface area (Å²) in [6, 6.07) is 19.1. The minimum Gasteiger partial charge on any atom is -0.254 e. The van der Waals surface area contributed by atoms with Crippen LogP contribution in [0.15, 0.2) is 60.1 Å². The number of aryl methyl sites for hydroxylation is 4. The van der Waals surface area contributed by atoms with Crippen LogP contribution in [0.3, 0.4) is 0 Å². The van der Waals surface area contributed by atoms with Gasteiger partial charge in [-0.05, 0) is 114 Å². The Kier molecular flexibility index (Phi) is 21.6. The van der Waals surface area contributed by atoms with E-state index < -0.39 is 0 Å². The average molecular weight is 833 g/mol. The summed E-state index contributed by atoms with van der Waals surface area (Å²) in [4.78, 5) is 6.90. The van der Waals surface area contributed by atoms with Crippen molar-refractivity contribution in [2.24, 2.45) is 0 Å². The molecule has 0 saturated heterocycles. The molecule has 4 aromatic rings. The number of nitrogens with zero attached hydrogens (tertiary/aromatic N) is 3. The monoisotopic (exact) mass is 833 g/mol. The van der Waals surface area contributed by atoms with E-state index in [0.717, 1.165) is 57.9 Å². The first kappa shape index (κ1) is 47.9. The van der Waals surface area contributed by atoms with Crippen LogP contribution in [0, 0.1) is 0 Å². The van der Waals surface area contributed by atoms with E-state index >= 15 is 0 Å². The number of hydrogen-bond acceptors (Lipinski definition) is 4. The van der Waals surface area contributed by atoms with Crippen molar-refractivity contribution in [1.82, 2.24) is 14.7 Å². The molecule has 1 atom stereocenters. The smallest absolute Gasteiger partial charge is 0.129 e. The summed E-state index contributed by atoms with van der Waals surface area (Å²) in [7, 11) is 0. The van der Waals surface area contributed by atoms with E-state index in [9.17, 15) is 0 Å². The van der Waals surface area contributed by atoms with E-state index in [4.69, 9.17) is 4.98 Å². The lowest BCUT2D eigenvalue weighted by atomic mass is 9.86. The van der Waals surface area contributed by atoms with E-state index in [-0.39, 0.29) is 6.04 Å². The number of benzene rings is 2. The molecule has 5 heteroatoms. The molecule has 5 rings (SSSR count). The van der Waals surface area contributed by atoms with Crippen molar-refractivity contribution in [3.05, 3.63) is 110 Å². The zero-order valence-corrected chi connectivity index (χ0v) is 40.0. The lowest BCUT2D eigenvalue weighted by Crippen LogP contribution is -2.41. The number of hydrazine groups is 1. The van der Waals surface area contributed by atoms with Crippen LogP contribution < -0.4 is 5.53 Å². The molecule has 1 N–H and O–H groups in total. The molecule has 0 bridgehead atoms. The summed E-state index contributed by atoms with van der Waals surface area (Å²) in [6.45, 7) is 14.9. The summed E-state index contributed by atoms with van der Waals surface area (Å²) in [5.74, 6) is 1.18. The van der Waals surface area contributed by atoms with Crippen LogP contribution in [0.4, 0.5) is 0 Å². The Hall–Kier alpha value is -3.15. The largest absolute Gasteiger partial charge is 0.254 e. The van der Waals surface area contributed by atoms with Crippen LogP contribution in [0.25, 0.3) is 11.1 Å². The van der Waals surface area contributed by atoms with E-state index in [0.29, 0.717) is 0 Å². The molecule has 1 aliphatic carbocycles. The zero-order valence-electron chi connectivity index (χ0n) is 39.2. The molecule has 2 heterocycles. The van der Waals surface area contributed by atoms with E-state index in [1.807, 2.05) is 11.3 Å². The van der Waals surface area contributed by atoms with Crippen molar-refractivity contribution in [2.45, 2.75) is 215 Å². The van der Waals surface area contributed by atoms with Gasteiger partial charge in [-0.15, -0.1) is 11.3 Å². The third-order valence-corrected chi connectivity index (χ3v) is 13.9. The van der Waals surface area contributed by atoms with Crippen molar-refractivity contribution in [2.75, 3.05) is 12.1 Å². The number of hydrogen-bond donors (Lipinski definition) is 1. The first-order chi connectivity index (χ1) is 29.6. The summed E-state index contributed by atoms with van der Waals surface area (Å²) in [5, 5.41) is 5.00. The molecule has 2 aromatic heterocycles. The number of unbranched alkanes of at least 4 members (excludes halogenated alkanes) is 13. The summed E-state index contributed by atoms with van der Waals surface area (Å²) >= 11 is 1.98. The maximum absolute atomic E-state index is 5.33. The number of rotatable bonds is 32. The quantitative estimate of drug-likeness (QED) is 0.0393. The van der Waals surface area contributed by atoms with Crippen LogP contribution in [0.5, 0.6) is 0 Å². The Balaban J connectivity index is 1.50. The normalized spacial score (nSPS) is 13.9. The topological polar surface area (TPSA) is 33.1 Å². The predicted octanol–water partition coefficient (Wildman–Crippen LogP) is 16.2. The van der Waals surface area contributed by atoms with Gasteiger partial charge in [-0.1, -0.05) is 187 Å². The molecule has 0 fully saturated rings. The summed E-state index contributed by atoms with van der Waals surface area (Å²) in [6.07, 6.45) is 34.6. The van der Waals surface area contributed by atoms with E-state index in [1.54, 1.807) is 21.6 Å². The lowest BCUT2D eigenvalue weighted by molar-refractivity contribution is 0.255. The molecular weight excluding hydrogens is 749 g/mol. The molecule has 1 aliphatic rings. The van der Waals surface area contributed by atoms with Crippen molar-refractivity contribution >= 4 is 22.5 Å². The van der Waals surface area contributed by atoms with Gasteiger partial charge < -0.3 is 0 Å². The number of nitrogens with one attached hydrogen (secondary N) is 1. The minimum absolute atomic E-state index is 0.0926. The number of imidazole rings is 1. The zero-order chi connectivity index (χ0) is 42.4. The third kappa shape index (κ3) is 13.7. The first-order valence-electron chi connectivity index (χ1n) is 25.2. The second-order valence-corrected chi connectivity index (χ2v) is 18.9. The molecule has 0 aliphatic heterocycles. The number of thiophene rings is 1. The predicted molar refractivity (Wildman–Crippen MR) is 264 cm³/mol. The van der Waals surface area contributed by atoms with Gasteiger partial charge in [0.25, 0.3) is 0 Å². The molecule has 0 amide bonds. The van der Waals surface area contributed by atoms with Crippen molar-refractivity contribution in [1.29, 1.82) is 0 Å². The maximum Gasteiger partial charge on any atom is 0.129 e. The molecule has 1 unspecified atom stereocenters. The van der Waals surface area contributed by atoms with Gasteiger partial charge in [0, 0.05) is 17.8 Å². The second-order valence-electron chi connectivity index (χ2n) is 17.9. The SMILES string of the molecule is CCCCCCCCCCCCc1ccsc1CCN(Nn1cc(CCCCC)nc1CCCCC)C1C(c2cccc(CCC)c2CCC)=C(CCC)c2ccccc21. The molecule has 2 aromatic carbocycles. The fourth-order valence-electron chi connectivity index (χ4n) is 9.72. The highest BCUT2D eigenvalue weighted by Crippen LogP contribution is 2.51. The number of allylic oxidation sites excluding steroid dienone is 1. The van der Waals surface area contributed by atoms with E-state index in [2.05, 4.69) is 117 Å². The first-order valence-corrected chi connectivity index (χ1v) is 26.0. The maximum atomic E-state index is 5.33. The Morgan fingerprint density at radius 2 is 1.20 bits per heavy atom. The summed E-state index contributed by atoms with van der Waals surface area (Å²) < 4.78 is 2.34. The van der Waals surface area contributed by atoms with Crippen LogP contribution in [-0.2, 0) is 38.5 Å². The second kappa shape index (κ2) is 27.0. The molecule has 0 radical (unpaired) electrons. The van der Waals surface area contributed by atoms with Gasteiger partial charge in [0.15, 0.2) is 0 Å². The number of aromatic nitrogens is 2. The van der Waals surface area contributed by atoms with Crippen LogP contribution >= 0.6 is 11.3 Å². The van der Waals surface area contributed by atoms with Crippen molar-refractivity contribution < 1.29 is 0 Å². The van der Waals surface area contributed by atoms with Gasteiger partial charge in [-0.25, -0.2) is 9.66 Å². The average Bonchev–Trinajstić information content (AvgIpc) is 3.97. The fraction of sp³-hybridized carbons (Fsp3) is 0.618. The van der Waals surface area contributed by atoms with Crippen LogP contribution in [-0.4, -0.2) is 21.2 Å². The molecule has 4 nitrogen and oxygen atoms in total. The van der Waals surface area contributed by atoms with Gasteiger partial charge in [0.1, 0.15) is 5.82 Å². The highest BCUT2D eigenvalue weighted by atomic mass is 32.1. The van der Waals surface area contributed by atoms with Gasteiger partial charge in [-0.3, -0.25) is 5.53 Å². The highest BCUT2D eigenvalue weighted by Gasteiger charge is 2.37. The van der Waals surface area contributed by atoms with Crippen LogP contribution in [0.1, 0.15) is 226 Å². The number of fused-ring (bicyclic) bond motifs is 1. The Morgan fingerprint density at radius 1 is 0.567 bits per heavy atom. The standard InChI is InChI=1S/C55H84N4S/c1-7-13-16-17-18-19-20-21-22-25-32-45-40-42-60-52(45)39-41-58(57-59-43-46(34-23-14-8-2)56-53(59)38-24-15-9-3)55-51-36-27-26-35-48(51)49(31-12-6)54(55)50-37-28-33-44(29-10-4)47(50)30-11-5/h26-28,33,35-37,40,42-43,55,57H,7-25,29-32,34,38-39,41H2,1-6H3. The van der Waals surface area contributed by atoms with Gasteiger partial charge in [-0.2, -0.15) is 5.01 Å². The lowest BCUT2D eigenvalue weighted by Gasteiger charge is -2.34. The Morgan fingerprint density at radius 3 is 1.92 bits per heavy atom. The molecule has 330 valence electrons. The third-order valence-electron chi connectivity index (χ3n) is 12.9. The van der Waals surface area contributed by atoms with Crippen molar-refractivity contribution in [3.8, 4) is 0 Å².